The van der Waals surface area contributed by atoms with Crippen molar-refractivity contribution >= 4 is 5.78 Å². The minimum Gasteiger partial charge on any atom is -0.294 e. The van der Waals surface area contributed by atoms with Crippen molar-refractivity contribution < 1.29 is 4.79 Å². The predicted octanol–water partition coefficient (Wildman–Crippen LogP) is 4.77. The molecule has 0 radical (unpaired) electrons. The van der Waals surface area contributed by atoms with Gasteiger partial charge < -0.3 is 0 Å². The summed E-state index contributed by atoms with van der Waals surface area (Å²) in [6.07, 6.45) is 8.20. The van der Waals surface area contributed by atoms with E-state index in [9.17, 15) is 4.79 Å². The average Bonchev–Trinajstić information content (AvgIpc) is 2.56. The van der Waals surface area contributed by atoms with Gasteiger partial charge in [-0.05, 0) is 55.2 Å². The molecule has 0 saturated carbocycles. The Morgan fingerprint density at radius 3 is 1.71 bits per heavy atom. The van der Waals surface area contributed by atoms with E-state index in [2.05, 4.69) is 24.3 Å². The van der Waals surface area contributed by atoms with Crippen LogP contribution in [0.3, 0.4) is 0 Å². The van der Waals surface area contributed by atoms with E-state index in [0.29, 0.717) is 5.78 Å². The molecule has 2 aliphatic carbocycles. The molecule has 1 nitrogen and oxygen atoms in total. The van der Waals surface area contributed by atoms with Crippen molar-refractivity contribution in [1.29, 1.82) is 0 Å². The molecular formula is C20H22O. The summed E-state index contributed by atoms with van der Waals surface area (Å²) in [6, 6.07) is 16.7. The summed E-state index contributed by atoms with van der Waals surface area (Å²) in [6.45, 7) is 0. The van der Waals surface area contributed by atoms with Gasteiger partial charge in [0.15, 0.2) is 5.78 Å². The Bertz CT molecular complexity index is 602. The highest BCUT2D eigenvalue weighted by atomic mass is 16.1. The Kier molecular flexibility index (Phi) is 4.49. The van der Waals surface area contributed by atoms with E-state index in [1.54, 1.807) is 11.1 Å². The predicted molar refractivity (Wildman–Crippen MR) is 86.8 cm³/mol. The van der Waals surface area contributed by atoms with Crippen molar-refractivity contribution in [2.45, 2.75) is 44.9 Å². The van der Waals surface area contributed by atoms with Crippen LogP contribution < -0.4 is 0 Å². The van der Waals surface area contributed by atoms with E-state index in [4.69, 9.17) is 0 Å². The molecule has 0 amide bonds. The van der Waals surface area contributed by atoms with E-state index < -0.39 is 0 Å². The molecule has 0 atom stereocenters. The molecule has 1 heteroatoms. The fourth-order valence-corrected chi connectivity index (χ4v) is 3.26. The minimum absolute atomic E-state index is 0.312. The van der Waals surface area contributed by atoms with E-state index in [-0.39, 0.29) is 0 Å². The molecule has 0 spiro atoms. The number of carbonyl (C=O) groups is 1. The maximum atomic E-state index is 11.3. The lowest BCUT2D eigenvalue weighted by atomic mass is 9.91. The fraction of sp³-hybridized carbons (Fsp3) is 0.350. The summed E-state index contributed by atoms with van der Waals surface area (Å²) in [5, 5.41) is 0. The second-order valence-corrected chi connectivity index (χ2v) is 5.91. The Morgan fingerprint density at radius 1 is 0.571 bits per heavy atom. The van der Waals surface area contributed by atoms with E-state index in [1.807, 2.05) is 24.3 Å². The number of Topliss-reactive ketones (excluding diaryl/α,β-unsaturated/α-hetero) is 1. The normalized spacial score (nSPS) is 16.3. The van der Waals surface area contributed by atoms with Gasteiger partial charge in [-0.2, -0.15) is 0 Å². The van der Waals surface area contributed by atoms with Crippen molar-refractivity contribution in [3.63, 3.8) is 0 Å². The number of aryl methyl sites for hydroxylation is 3. The molecule has 4 rings (SSSR count). The first-order chi connectivity index (χ1) is 10.3. The van der Waals surface area contributed by atoms with Crippen molar-refractivity contribution in [3.05, 3.63) is 70.8 Å². The summed E-state index contributed by atoms with van der Waals surface area (Å²) in [5.74, 6) is 0.312. The Labute approximate surface area is 127 Å². The second kappa shape index (κ2) is 6.71. The third kappa shape index (κ3) is 3.41. The third-order valence-corrected chi connectivity index (χ3v) is 4.43. The third-order valence-electron chi connectivity index (χ3n) is 4.43. The summed E-state index contributed by atoms with van der Waals surface area (Å²) < 4.78 is 0. The molecule has 2 aromatic carbocycles. The number of hydrogen-bond donors (Lipinski definition) is 0. The monoisotopic (exact) mass is 278 g/mol. The Morgan fingerprint density at radius 2 is 1.10 bits per heavy atom. The number of rotatable bonds is 0. The zero-order valence-corrected chi connectivity index (χ0v) is 12.5. The van der Waals surface area contributed by atoms with Gasteiger partial charge in [-0.25, -0.2) is 0 Å². The average molecular weight is 278 g/mol. The van der Waals surface area contributed by atoms with Gasteiger partial charge in [-0.1, -0.05) is 48.5 Å². The molecule has 0 unspecified atom stereocenters. The fourth-order valence-electron chi connectivity index (χ4n) is 3.26. The highest BCUT2D eigenvalue weighted by Gasteiger charge is 2.15. The minimum atomic E-state index is 0.312. The molecule has 0 bridgehead atoms. The number of fused-ring (bicyclic) bond motifs is 2. The SMILES string of the molecule is O=C1CCCc2ccccc21.c1ccc2c(c1)CCCC2. The molecule has 0 saturated heterocycles. The lowest BCUT2D eigenvalue weighted by Gasteiger charge is -2.13. The van der Waals surface area contributed by atoms with Crippen LogP contribution in [-0.4, -0.2) is 5.78 Å². The van der Waals surface area contributed by atoms with Crippen LogP contribution in [0.15, 0.2) is 48.5 Å². The van der Waals surface area contributed by atoms with Gasteiger partial charge in [0.25, 0.3) is 0 Å². The first-order valence-electron chi connectivity index (χ1n) is 8.02. The summed E-state index contributed by atoms with van der Waals surface area (Å²) in [7, 11) is 0. The molecule has 21 heavy (non-hydrogen) atoms. The summed E-state index contributed by atoms with van der Waals surface area (Å²) in [4.78, 5) is 11.3. The molecule has 0 aromatic heterocycles. The molecule has 0 N–H and O–H groups in total. The van der Waals surface area contributed by atoms with Gasteiger partial charge in [0.2, 0.25) is 0 Å². The number of benzene rings is 2. The van der Waals surface area contributed by atoms with Crippen LogP contribution >= 0.6 is 0 Å². The van der Waals surface area contributed by atoms with Crippen molar-refractivity contribution in [1.82, 2.24) is 0 Å². The van der Waals surface area contributed by atoms with Crippen LogP contribution in [0.1, 0.15) is 52.7 Å². The molecule has 2 aliphatic rings. The lowest BCUT2D eigenvalue weighted by molar-refractivity contribution is 0.0972. The number of hydrogen-bond acceptors (Lipinski definition) is 1. The highest BCUT2D eigenvalue weighted by Crippen LogP contribution is 2.20. The molecule has 108 valence electrons. The van der Waals surface area contributed by atoms with Gasteiger partial charge >= 0.3 is 0 Å². The Hall–Kier alpha value is -1.89. The van der Waals surface area contributed by atoms with E-state index >= 15 is 0 Å². The van der Waals surface area contributed by atoms with Gasteiger partial charge in [-0.3, -0.25) is 4.79 Å². The van der Waals surface area contributed by atoms with Crippen LogP contribution in [0.4, 0.5) is 0 Å². The number of carbonyl (C=O) groups excluding carboxylic acids is 1. The smallest absolute Gasteiger partial charge is 0.163 e. The first-order valence-corrected chi connectivity index (χ1v) is 8.02. The zero-order valence-electron chi connectivity index (χ0n) is 12.5. The van der Waals surface area contributed by atoms with Gasteiger partial charge in [0.05, 0.1) is 0 Å². The van der Waals surface area contributed by atoms with Crippen LogP contribution in [-0.2, 0) is 19.3 Å². The van der Waals surface area contributed by atoms with E-state index in [1.165, 1.54) is 31.2 Å². The summed E-state index contributed by atoms with van der Waals surface area (Å²) in [5.41, 5.74) is 5.32. The lowest BCUT2D eigenvalue weighted by Crippen LogP contribution is -2.09. The number of ketones is 1. The maximum Gasteiger partial charge on any atom is 0.163 e. The second-order valence-electron chi connectivity index (χ2n) is 5.91. The molecule has 0 heterocycles. The highest BCUT2D eigenvalue weighted by molar-refractivity contribution is 5.98. The van der Waals surface area contributed by atoms with Crippen LogP contribution in [0, 0.1) is 0 Å². The zero-order chi connectivity index (χ0) is 14.5. The maximum absolute atomic E-state index is 11.3. The van der Waals surface area contributed by atoms with Gasteiger partial charge in [0, 0.05) is 12.0 Å². The molecular weight excluding hydrogens is 256 g/mol. The molecule has 0 aliphatic heterocycles. The largest absolute Gasteiger partial charge is 0.294 e. The van der Waals surface area contributed by atoms with Crippen LogP contribution in [0.5, 0.6) is 0 Å². The van der Waals surface area contributed by atoms with Gasteiger partial charge in [-0.15, -0.1) is 0 Å². The topological polar surface area (TPSA) is 17.1 Å². The standard InChI is InChI=1S/C10H10O.C10H12/c11-10-7-3-5-8-4-1-2-6-9(8)10;1-2-6-10-8-4-3-7-9(10)5-1/h1-2,4,6H,3,5,7H2;1-2,5-6H,3-4,7-8H2. The molecule has 2 aromatic rings. The van der Waals surface area contributed by atoms with Crippen LogP contribution in [0.2, 0.25) is 0 Å². The van der Waals surface area contributed by atoms with Crippen molar-refractivity contribution in [2.24, 2.45) is 0 Å². The van der Waals surface area contributed by atoms with Crippen molar-refractivity contribution in [2.75, 3.05) is 0 Å². The van der Waals surface area contributed by atoms with Crippen LogP contribution in [0.25, 0.3) is 0 Å². The van der Waals surface area contributed by atoms with Crippen molar-refractivity contribution in [3.8, 4) is 0 Å². The quantitative estimate of drug-likeness (QED) is 0.678. The molecule has 0 fully saturated rings. The summed E-state index contributed by atoms with van der Waals surface area (Å²) >= 11 is 0. The van der Waals surface area contributed by atoms with E-state index in [0.717, 1.165) is 24.8 Å². The Balaban J connectivity index is 0.000000126. The first kappa shape index (κ1) is 14.1. The van der Waals surface area contributed by atoms with Gasteiger partial charge in [0.1, 0.15) is 0 Å².